The number of benzene rings is 1. The van der Waals surface area contributed by atoms with Crippen LogP contribution >= 0.6 is 15.9 Å². The Hall–Kier alpha value is -1.49. The monoisotopic (exact) mass is 284 g/mol. The van der Waals surface area contributed by atoms with Gasteiger partial charge < -0.3 is 14.3 Å². The lowest BCUT2D eigenvalue weighted by atomic mass is 10.1. The summed E-state index contributed by atoms with van der Waals surface area (Å²) in [5.41, 5.74) is 0.712. The molecule has 0 fully saturated rings. The first-order chi connectivity index (χ1) is 7.63. The van der Waals surface area contributed by atoms with Crippen LogP contribution in [0, 0.1) is 0 Å². The SMILES string of the molecule is CCOC(=O)c1cc(O)c2c(Br)coc2c1. The quantitative estimate of drug-likeness (QED) is 0.861. The van der Waals surface area contributed by atoms with E-state index < -0.39 is 5.97 Å². The fraction of sp³-hybridized carbons (Fsp3) is 0.182. The largest absolute Gasteiger partial charge is 0.507 e. The number of halogens is 1. The second-order valence-corrected chi connectivity index (χ2v) is 4.03. The standard InChI is InChI=1S/C11H9BrO4/c1-2-15-11(14)6-3-8(13)10-7(12)5-16-9(10)4-6/h3-5,13H,2H2,1H3. The number of carbonyl (C=O) groups excluding carboxylic acids is 1. The molecule has 1 heterocycles. The first-order valence-corrected chi connectivity index (χ1v) is 5.49. The predicted molar refractivity (Wildman–Crippen MR) is 61.5 cm³/mol. The minimum atomic E-state index is -0.479. The van der Waals surface area contributed by atoms with Crippen LogP contribution in [0.4, 0.5) is 0 Å². The van der Waals surface area contributed by atoms with E-state index in [4.69, 9.17) is 9.15 Å². The molecule has 5 heteroatoms. The molecule has 16 heavy (non-hydrogen) atoms. The van der Waals surface area contributed by atoms with Crippen LogP contribution in [0.15, 0.2) is 27.3 Å². The third-order valence-corrected chi connectivity index (χ3v) is 2.70. The van der Waals surface area contributed by atoms with Gasteiger partial charge in [0.05, 0.1) is 22.0 Å². The van der Waals surface area contributed by atoms with E-state index in [-0.39, 0.29) is 11.3 Å². The number of ether oxygens (including phenoxy) is 1. The Morgan fingerprint density at radius 1 is 1.56 bits per heavy atom. The Balaban J connectivity index is 2.54. The maximum Gasteiger partial charge on any atom is 0.338 e. The molecule has 84 valence electrons. The number of phenols is 1. The molecule has 2 rings (SSSR count). The Morgan fingerprint density at radius 3 is 3.00 bits per heavy atom. The fourth-order valence-corrected chi connectivity index (χ4v) is 1.93. The summed E-state index contributed by atoms with van der Waals surface area (Å²) >= 11 is 3.24. The van der Waals surface area contributed by atoms with E-state index in [2.05, 4.69) is 15.9 Å². The van der Waals surface area contributed by atoms with Gasteiger partial charge in [0.15, 0.2) is 0 Å². The van der Waals surface area contributed by atoms with E-state index in [1.807, 2.05) is 0 Å². The van der Waals surface area contributed by atoms with Crippen LogP contribution in [0.5, 0.6) is 5.75 Å². The normalized spacial score (nSPS) is 10.6. The number of hydrogen-bond donors (Lipinski definition) is 1. The molecule has 0 aliphatic rings. The lowest BCUT2D eigenvalue weighted by Crippen LogP contribution is -2.04. The first kappa shape index (κ1) is 11.0. The summed E-state index contributed by atoms with van der Waals surface area (Å²) in [5, 5.41) is 10.3. The molecule has 1 aromatic heterocycles. The van der Waals surface area contributed by atoms with Crippen molar-refractivity contribution in [2.24, 2.45) is 0 Å². The van der Waals surface area contributed by atoms with Crippen LogP contribution in [0.3, 0.4) is 0 Å². The van der Waals surface area contributed by atoms with E-state index in [0.717, 1.165) is 0 Å². The molecule has 4 nitrogen and oxygen atoms in total. The van der Waals surface area contributed by atoms with Gasteiger partial charge >= 0.3 is 5.97 Å². The Bertz CT molecular complexity index is 544. The predicted octanol–water partition coefficient (Wildman–Crippen LogP) is 3.08. The van der Waals surface area contributed by atoms with E-state index in [9.17, 15) is 9.90 Å². The third kappa shape index (κ3) is 1.78. The van der Waals surface area contributed by atoms with Crippen LogP contribution in [0.1, 0.15) is 17.3 Å². The van der Waals surface area contributed by atoms with Gasteiger partial charge in [0.2, 0.25) is 0 Å². The summed E-state index contributed by atoms with van der Waals surface area (Å²) in [5.74, 6) is -0.492. The number of esters is 1. The molecule has 0 saturated heterocycles. The average Bonchev–Trinajstić information content (AvgIpc) is 2.61. The molecule has 0 spiro atoms. The van der Waals surface area contributed by atoms with Crippen molar-refractivity contribution in [1.29, 1.82) is 0 Å². The summed E-state index contributed by atoms with van der Waals surface area (Å²) in [6.07, 6.45) is 1.46. The number of furan rings is 1. The molecule has 1 N–H and O–H groups in total. The van der Waals surface area contributed by atoms with Gasteiger partial charge in [-0.3, -0.25) is 0 Å². The molecular weight excluding hydrogens is 276 g/mol. The summed E-state index contributed by atoms with van der Waals surface area (Å²) < 4.78 is 10.7. The molecule has 0 bridgehead atoms. The van der Waals surface area contributed by atoms with Gasteiger partial charge in [0.1, 0.15) is 17.6 Å². The number of aromatic hydroxyl groups is 1. The van der Waals surface area contributed by atoms with Gasteiger partial charge in [-0.1, -0.05) is 0 Å². The second kappa shape index (κ2) is 4.17. The third-order valence-electron chi connectivity index (χ3n) is 2.12. The van der Waals surface area contributed by atoms with Crippen LogP contribution < -0.4 is 0 Å². The number of rotatable bonds is 2. The maximum absolute atomic E-state index is 11.5. The number of hydrogen-bond acceptors (Lipinski definition) is 4. The zero-order valence-electron chi connectivity index (χ0n) is 8.49. The molecular formula is C11H9BrO4. The van der Waals surface area contributed by atoms with Crippen molar-refractivity contribution in [1.82, 2.24) is 0 Å². The highest BCUT2D eigenvalue weighted by molar-refractivity contribution is 9.10. The summed E-state index contributed by atoms with van der Waals surface area (Å²) in [6, 6.07) is 2.90. The van der Waals surface area contributed by atoms with Crippen molar-refractivity contribution in [2.45, 2.75) is 6.92 Å². The van der Waals surface area contributed by atoms with Crippen molar-refractivity contribution >= 4 is 32.9 Å². The number of fused-ring (bicyclic) bond motifs is 1. The van der Waals surface area contributed by atoms with E-state index in [1.54, 1.807) is 6.92 Å². The topological polar surface area (TPSA) is 59.7 Å². The maximum atomic E-state index is 11.5. The highest BCUT2D eigenvalue weighted by Gasteiger charge is 2.14. The van der Waals surface area contributed by atoms with Gasteiger partial charge in [0.25, 0.3) is 0 Å². The molecule has 0 atom stereocenters. The van der Waals surface area contributed by atoms with Crippen molar-refractivity contribution in [3.63, 3.8) is 0 Å². The highest BCUT2D eigenvalue weighted by atomic mass is 79.9. The van der Waals surface area contributed by atoms with Gasteiger partial charge in [-0.25, -0.2) is 4.79 Å². The number of carbonyl (C=O) groups is 1. The second-order valence-electron chi connectivity index (χ2n) is 3.17. The van der Waals surface area contributed by atoms with E-state index in [1.165, 1.54) is 18.4 Å². The van der Waals surface area contributed by atoms with Crippen LogP contribution in [0.2, 0.25) is 0 Å². The van der Waals surface area contributed by atoms with E-state index in [0.29, 0.717) is 22.0 Å². The summed E-state index contributed by atoms with van der Waals surface area (Å²) in [6.45, 7) is 2.01. The summed E-state index contributed by atoms with van der Waals surface area (Å²) in [4.78, 5) is 11.5. The zero-order chi connectivity index (χ0) is 11.7. The highest BCUT2D eigenvalue weighted by Crippen LogP contribution is 2.34. The van der Waals surface area contributed by atoms with Crippen molar-refractivity contribution < 1.29 is 19.1 Å². The van der Waals surface area contributed by atoms with Crippen LogP contribution in [-0.2, 0) is 4.74 Å². The zero-order valence-corrected chi connectivity index (χ0v) is 10.1. The molecule has 1 aromatic carbocycles. The van der Waals surface area contributed by atoms with Gasteiger partial charge in [-0.05, 0) is 35.0 Å². The van der Waals surface area contributed by atoms with Crippen molar-refractivity contribution in [3.8, 4) is 5.75 Å². The van der Waals surface area contributed by atoms with Crippen LogP contribution in [-0.4, -0.2) is 17.7 Å². The molecule has 0 aliphatic carbocycles. The molecule has 0 aliphatic heterocycles. The minimum Gasteiger partial charge on any atom is -0.507 e. The molecule has 0 saturated carbocycles. The smallest absolute Gasteiger partial charge is 0.338 e. The first-order valence-electron chi connectivity index (χ1n) is 4.70. The Labute approximate surface area is 99.9 Å². The Morgan fingerprint density at radius 2 is 2.31 bits per heavy atom. The fourth-order valence-electron chi connectivity index (χ4n) is 1.44. The van der Waals surface area contributed by atoms with Gasteiger partial charge in [0, 0.05) is 0 Å². The minimum absolute atomic E-state index is 0.0128. The molecule has 0 amide bonds. The summed E-state index contributed by atoms with van der Waals surface area (Å²) in [7, 11) is 0. The average molecular weight is 285 g/mol. The molecule has 0 unspecified atom stereocenters. The van der Waals surface area contributed by atoms with Crippen LogP contribution in [0.25, 0.3) is 11.0 Å². The van der Waals surface area contributed by atoms with Gasteiger partial charge in [-0.15, -0.1) is 0 Å². The number of phenolic OH excluding ortho intramolecular Hbond substituents is 1. The molecule has 2 aromatic rings. The molecule has 0 radical (unpaired) electrons. The van der Waals surface area contributed by atoms with E-state index >= 15 is 0 Å². The Kier molecular flexibility index (Phi) is 2.87. The van der Waals surface area contributed by atoms with Crippen molar-refractivity contribution in [3.05, 3.63) is 28.4 Å². The lowest BCUT2D eigenvalue weighted by molar-refractivity contribution is 0.0526. The van der Waals surface area contributed by atoms with Gasteiger partial charge in [-0.2, -0.15) is 0 Å². The lowest BCUT2D eigenvalue weighted by Gasteiger charge is -2.02. The van der Waals surface area contributed by atoms with Crippen molar-refractivity contribution in [2.75, 3.05) is 6.61 Å².